The van der Waals surface area contributed by atoms with E-state index in [1.165, 1.54) is 6.07 Å². The van der Waals surface area contributed by atoms with Gasteiger partial charge in [-0.05, 0) is 12.1 Å². The maximum absolute atomic E-state index is 9.03. The summed E-state index contributed by atoms with van der Waals surface area (Å²) in [5.74, 6) is 4.86. The molecule has 4 nitrogen and oxygen atoms in total. The van der Waals surface area contributed by atoms with Gasteiger partial charge in [-0.3, -0.25) is 0 Å². The first kappa shape index (κ1) is 6.54. The Morgan fingerprint density at radius 3 is 2.60 bits per heavy atom. The van der Waals surface area contributed by atoms with Crippen LogP contribution in [0.15, 0.2) is 34.6 Å². The number of rotatable bonds is 1. The highest BCUT2D eigenvalue weighted by Crippen LogP contribution is 2.24. The molecule has 0 aliphatic heterocycles. The molecule has 0 bridgehead atoms. The van der Waals surface area contributed by atoms with E-state index in [1.807, 2.05) is 0 Å². The van der Waals surface area contributed by atoms with E-state index in [4.69, 9.17) is 10.9 Å². The van der Waals surface area contributed by atoms with Crippen LogP contribution in [0, 0.1) is 0 Å². The van der Waals surface area contributed by atoms with Gasteiger partial charge in [-0.15, -0.1) is 5.11 Å². The number of hydrogen-bond acceptors (Lipinski definition) is 3. The van der Waals surface area contributed by atoms with Gasteiger partial charge in [0.1, 0.15) is 11.4 Å². The Bertz CT molecular complexity index is 247. The molecule has 10 heavy (non-hydrogen) atoms. The molecule has 52 valence electrons. The van der Waals surface area contributed by atoms with Crippen LogP contribution in [0.5, 0.6) is 5.75 Å². The third-order valence-electron chi connectivity index (χ3n) is 1.05. The number of nitrogens with zero attached hydrogens (tertiary/aromatic N) is 2. The average molecular weight is 137 g/mol. The van der Waals surface area contributed by atoms with Crippen LogP contribution in [0.3, 0.4) is 0 Å². The van der Waals surface area contributed by atoms with Gasteiger partial charge in [0.2, 0.25) is 0 Å². The number of hydrogen-bond donors (Lipinski definition) is 2. The number of benzene rings is 1. The van der Waals surface area contributed by atoms with Crippen molar-refractivity contribution < 1.29 is 5.11 Å². The smallest absolute Gasteiger partial charge is 0.143 e. The molecule has 0 aromatic heterocycles. The van der Waals surface area contributed by atoms with Gasteiger partial charge in [0.05, 0.1) is 0 Å². The molecule has 0 aliphatic rings. The third kappa shape index (κ3) is 1.22. The second-order valence-electron chi connectivity index (χ2n) is 1.70. The van der Waals surface area contributed by atoms with E-state index >= 15 is 0 Å². The molecule has 4 heteroatoms. The van der Waals surface area contributed by atoms with Gasteiger partial charge in [-0.1, -0.05) is 17.4 Å². The monoisotopic (exact) mass is 137 g/mol. The van der Waals surface area contributed by atoms with Crippen LogP contribution in [0.1, 0.15) is 0 Å². The molecule has 0 saturated carbocycles. The van der Waals surface area contributed by atoms with Crippen LogP contribution in [0.4, 0.5) is 5.69 Å². The highest BCUT2D eigenvalue weighted by molar-refractivity contribution is 5.49. The number of nitrogens with two attached hydrogens (primary N) is 1. The van der Waals surface area contributed by atoms with Crippen molar-refractivity contribution in [3.8, 4) is 5.75 Å². The molecule has 0 unspecified atom stereocenters. The minimum Gasteiger partial charge on any atom is -0.506 e. The molecular weight excluding hydrogens is 130 g/mol. The Morgan fingerprint density at radius 1 is 1.30 bits per heavy atom. The minimum atomic E-state index is 0.0803. The van der Waals surface area contributed by atoms with Crippen LogP contribution in [-0.2, 0) is 0 Å². The van der Waals surface area contributed by atoms with Gasteiger partial charge in [-0.25, -0.2) is 0 Å². The van der Waals surface area contributed by atoms with Crippen LogP contribution < -0.4 is 5.84 Å². The Hall–Kier alpha value is -1.58. The van der Waals surface area contributed by atoms with Crippen molar-refractivity contribution in [3.05, 3.63) is 24.3 Å². The van der Waals surface area contributed by atoms with Crippen molar-refractivity contribution in [1.29, 1.82) is 0 Å². The largest absolute Gasteiger partial charge is 0.506 e. The van der Waals surface area contributed by atoms with Crippen molar-refractivity contribution in [3.63, 3.8) is 0 Å². The van der Waals surface area contributed by atoms with Gasteiger partial charge in [-0.2, -0.15) is 0 Å². The zero-order chi connectivity index (χ0) is 7.40. The number of phenolic OH excluding ortho intramolecular Hbond substituents is 1. The minimum absolute atomic E-state index is 0.0803. The normalized spacial score (nSPS) is 10.4. The third-order valence-corrected chi connectivity index (χ3v) is 1.05. The second kappa shape index (κ2) is 2.82. The molecule has 1 aromatic carbocycles. The molecule has 0 heterocycles. The summed E-state index contributed by atoms with van der Waals surface area (Å²) < 4.78 is 0. The van der Waals surface area contributed by atoms with Crippen molar-refractivity contribution in [2.75, 3.05) is 0 Å². The Morgan fingerprint density at radius 2 is 2.00 bits per heavy atom. The van der Waals surface area contributed by atoms with Crippen molar-refractivity contribution in [2.24, 2.45) is 16.2 Å². The predicted octanol–water partition coefficient (Wildman–Crippen LogP) is 1.35. The predicted molar refractivity (Wildman–Crippen MR) is 36.8 cm³/mol. The molecule has 1 rings (SSSR count). The number of para-hydroxylation sites is 1. The molecule has 0 aliphatic carbocycles. The van der Waals surface area contributed by atoms with Crippen LogP contribution in [0.2, 0.25) is 0 Å². The standard InChI is InChI=1S/C6H7N3O/c7-9-8-5-3-1-2-4-6(5)10/h1-4,10H,(H2,7,8). The molecule has 0 saturated heterocycles. The first-order valence-electron chi connectivity index (χ1n) is 2.73. The summed E-state index contributed by atoms with van der Waals surface area (Å²) in [6, 6.07) is 6.57. The van der Waals surface area contributed by atoms with Crippen LogP contribution >= 0.6 is 0 Å². The van der Waals surface area contributed by atoms with E-state index in [0.29, 0.717) is 5.69 Å². The molecule has 0 fully saturated rings. The van der Waals surface area contributed by atoms with E-state index in [-0.39, 0.29) is 5.75 Å². The summed E-state index contributed by atoms with van der Waals surface area (Å²) in [4.78, 5) is 0. The van der Waals surface area contributed by atoms with Crippen LogP contribution in [0.25, 0.3) is 0 Å². The molecule has 3 N–H and O–H groups in total. The second-order valence-corrected chi connectivity index (χ2v) is 1.70. The number of phenols is 1. The molecular formula is C6H7N3O. The topological polar surface area (TPSA) is 71.0 Å². The summed E-state index contributed by atoms with van der Waals surface area (Å²) in [6.45, 7) is 0. The Labute approximate surface area is 58.0 Å². The highest BCUT2D eigenvalue weighted by atomic mass is 16.3. The van der Waals surface area contributed by atoms with Crippen molar-refractivity contribution >= 4 is 5.69 Å². The zero-order valence-corrected chi connectivity index (χ0v) is 5.23. The summed E-state index contributed by atoms with van der Waals surface area (Å²) in [6.07, 6.45) is 0. The molecule has 0 atom stereocenters. The fraction of sp³-hybridized carbons (Fsp3) is 0. The summed E-state index contributed by atoms with van der Waals surface area (Å²) in [5, 5.41) is 15.5. The fourth-order valence-electron chi connectivity index (χ4n) is 0.611. The summed E-state index contributed by atoms with van der Waals surface area (Å²) >= 11 is 0. The summed E-state index contributed by atoms with van der Waals surface area (Å²) in [7, 11) is 0. The van der Waals surface area contributed by atoms with Gasteiger partial charge < -0.3 is 10.9 Å². The van der Waals surface area contributed by atoms with Gasteiger partial charge in [0, 0.05) is 0 Å². The molecule has 0 amide bonds. The first-order valence-corrected chi connectivity index (χ1v) is 2.73. The lowest BCUT2D eigenvalue weighted by atomic mass is 10.3. The average Bonchev–Trinajstić information content (AvgIpc) is 1.94. The molecule has 1 aromatic rings. The molecule has 0 spiro atoms. The highest BCUT2D eigenvalue weighted by Gasteiger charge is 1.93. The fourth-order valence-corrected chi connectivity index (χ4v) is 0.611. The number of aromatic hydroxyl groups is 1. The lowest BCUT2D eigenvalue weighted by molar-refractivity contribution is 0.476. The van der Waals surface area contributed by atoms with E-state index in [1.54, 1.807) is 18.2 Å². The van der Waals surface area contributed by atoms with Gasteiger partial charge in [0.25, 0.3) is 0 Å². The van der Waals surface area contributed by atoms with Crippen molar-refractivity contribution in [1.82, 2.24) is 0 Å². The summed E-state index contributed by atoms with van der Waals surface area (Å²) in [5.41, 5.74) is 0.380. The van der Waals surface area contributed by atoms with Crippen molar-refractivity contribution in [2.45, 2.75) is 0 Å². The lowest BCUT2D eigenvalue weighted by Gasteiger charge is -1.92. The van der Waals surface area contributed by atoms with E-state index in [0.717, 1.165) is 0 Å². The Kier molecular flexibility index (Phi) is 1.84. The quantitative estimate of drug-likeness (QED) is 0.348. The van der Waals surface area contributed by atoms with E-state index < -0.39 is 0 Å². The maximum atomic E-state index is 9.03. The Balaban J connectivity index is 3.03. The van der Waals surface area contributed by atoms with Gasteiger partial charge >= 0.3 is 0 Å². The van der Waals surface area contributed by atoms with E-state index in [9.17, 15) is 0 Å². The maximum Gasteiger partial charge on any atom is 0.143 e. The van der Waals surface area contributed by atoms with E-state index in [2.05, 4.69) is 10.3 Å². The van der Waals surface area contributed by atoms with Gasteiger partial charge in [0.15, 0.2) is 0 Å². The molecule has 0 radical (unpaired) electrons. The lowest BCUT2D eigenvalue weighted by Crippen LogP contribution is -1.73. The first-order chi connectivity index (χ1) is 4.84. The van der Waals surface area contributed by atoms with Crippen LogP contribution in [-0.4, -0.2) is 5.11 Å². The SMILES string of the molecule is N/N=N/c1ccccc1O. The zero-order valence-electron chi connectivity index (χ0n) is 5.23.